The summed E-state index contributed by atoms with van der Waals surface area (Å²) in [5.74, 6) is 1.09. The number of carbonyl (C=O) groups is 1. The summed E-state index contributed by atoms with van der Waals surface area (Å²) in [5, 5.41) is 15.4. The van der Waals surface area contributed by atoms with Crippen LogP contribution in [0.25, 0.3) is 22.2 Å². The smallest absolute Gasteiger partial charge is 0.269 e. The molecule has 156 valence electrons. The van der Waals surface area contributed by atoms with Crippen molar-refractivity contribution in [2.45, 2.75) is 33.7 Å². The molecule has 3 heterocycles. The highest BCUT2D eigenvalue weighted by Crippen LogP contribution is 2.31. The van der Waals surface area contributed by atoms with Gasteiger partial charge in [0.1, 0.15) is 11.5 Å². The summed E-state index contributed by atoms with van der Waals surface area (Å²) in [5.41, 5.74) is 4.55. The summed E-state index contributed by atoms with van der Waals surface area (Å²) < 4.78 is 13.4. The average Bonchev–Trinajstić information content (AvgIpc) is 3.41. The maximum atomic E-state index is 12.8. The minimum absolute atomic E-state index is 0.258. The fourth-order valence-corrected chi connectivity index (χ4v) is 3.59. The lowest BCUT2D eigenvalue weighted by molar-refractivity contribution is 0.0930. The zero-order valence-electron chi connectivity index (χ0n) is 17.7. The lowest BCUT2D eigenvalue weighted by Gasteiger charge is -2.10. The number of nitrogens with zero attached hydrogens (tertiary/aromatic N) is 3. The van der Waals surface area contributed by atoms with E-state index in [9.17, 15) is 4.79 Å². The van der Waals surface area contributed by atoms with E-state index in [0.717, 1.165) is 22.3 Å². The maximum Gasteiger partial charge on any atom is 0.269 e. The fraction of sp³-hybridized carbons (Fsp3) is 0.318. The molecule has 0 saturated carbocycles. The van der Waals surface area contributed by atoms with Gasteiger partial charge in [-0.25, -0.2) is 0 Å². The Labute approximate surface area is 174 Å². The number of ether oxygens (including phenoxy) is 1. The number of carbonyl (C=O) groups excluding carboxylic acids is 1. The molecule has 0 spiro atoms. The molecule has 8 heteroatoms. The van der Waals surface area contributed by atoms with Crippen LogP contribution in [0.1, 0.15) is 47.5 Å². The third-order valence-corrected chi connectivity index (χ3v) is 5.19. The van der Waals surface area contributed by atoms with Crippen LogP contribution in [-0.4, -0.2) is 32.5 Å². The van der Waals surface area contributed by atoms with Gasteiger partial charge in [0.05, 0.1) is 24.0 Å². The van der Waals surface area contributed by atoms with Gasteiger partial charge in [0.15, 0.2) is 11.3 Å². The van der Waals surface area contributed by atoms with Crippen LogP contribution in [-0.2, 0) is 7.05 Å². The Kier molecular flexibility index (Phi) is 5.07. The minimum Gasteiger partial charge on any atom is -0.490 e. The molecule has 8 nitrogen and oxygen atoms in total. The molecule has 2 N–H and O–H groups in total. The molecule has 0 aliphatic carbocycles. The molecule has 1 unspecified atom stereocenters. The monoisotopic (exact) mass is 407 g/mol. The van der Waals surface area contributed by atoms with Crippen LogP contribution in [0, 0.1) is 13.8 Å². The molecule has 0 radical (unpaired) electrons. The Morgan fingerprint density at radius 1 is 1.33 bits per heavy atom. The minimum atomic E-state index is -0.326. The van der Waals surface area contributed by atoms with Gasteiger partial charge < -0.3 is 14.5 Å². The zero-order chi connectivity index (χ0) is 21.4. The van der Waals surface area contributed by atoms with Crippen molar-refractivity contribution in [1.29, 1.82) is 0 Å². The van der Waals surface area contributed by atoms with Gasteiger partial charge >= 0.3 is 0 Å². The second-order valence-corrected chi connectivity index (χ2v) is 7.29. The zero-order valence-corrected chi connectivity index (χ0v) is 17.7. The second kappa shape index (κ2) is 7.70. The Bertz CT molecular complexity index is 1220. The van der Waals surface area contributed by atoms with Crippen LogP contribution >= 0.6 is 0 Å². The SMILES string of the molecule is CCOc1cccc2cc(C(C)NC(=O)c3cc(-c4c(C)nn(C)c4C)n[nH]3)oc12. The summed E-state index contributed by atoms with van der Waals surface area (Å²) in [4.78, 5) is 12.8. The molecule has 0 aliphatic rings. The number of aromatic nitrogens is 4. The van der Waals surface area contributed by atoms with E-state index in [1.165, 1.54) is 0 Å². The first-order valence-corrected chi connectivity index (χ1v) is 9.91. The second-order valence-electron chi connectivity index (χ2n) is 7.29. The van der Waals surface area contributed by atoms with Gasteiger partial charge in [-0.1, -0.05) is 12.1 Å². The largest absolute Gasteiger partial charge is 0.490 e. The van der Waals surface area contributed by atoms with E-state index in [4.69, 9.17) is 9.15 Å². The van der Waals surface area contributed by atoms with Crippen molar-refractivity contribution in [3.8, 4) is 17.0 Å². The predicted molar refractivity (Wildman–Crippen MR) is 114 cm³/mol. The number of para-hydroxylation sites is 1. The molecule has 1 atom stereocenters. The lowest BCUT2D eigenvalue weighted by atomic mass is 10.1. The van der Waals surface area contributed by atoms with Gasteiger partial charge in [-0.05, 0) is 45.9 Å². The molecule has 4 aromatic rings. The van der Waals surface area contributed by atoms with E-state index in [1.807, 2.05) is 59.0 Å². The highest BCUT2D eigenvalue weighted by Gasteiger charge is 2.20. The van der Waals surface area contributed by atoms with Crippen LogP contribution in [0.4, 0.5) is 0 Å². The molecular formula is C22H25N5O3. The van der Waals surface area contributed by atoms with Crippen molar-refractivity contribution in [2.24, 2.45) is 7.05 Å². The first-order valence-electron chi connectivity index (χ1n) is 9.91. The normalized spacial score (nSPS) is 12.3. The third kappa shape index (κ3) is 3.45. The number of hydrogen-bond donors (Lipinski definition) is 2. The summed E-state index contributed by atoms with van der Waals surface area (Å²) in [6.45, 7) is 8.27. The van der Waals surface area contributed by atoms with Gasteiger partial charge in [0, 0.05) is 23.7 Å². The first-order chi connectivity index (χ1) is 14.4. The molecule has 0 fully saturated rings. The van der Waals surface area contributed by atoms with Crippen molar-refractivity contribution in [1.82, 2.24) is 25.3 Å². The Hall–Kier alpha value is -3.55. The van der Waals surface area contributed by atoms with Crippen molar-refractivity contribution < 1.29 is 13.9 Å². The van der Waals surface area contributed by atoms with Crippen LogP contribution in [0.3, 0.4) is 0 Å². The highest BCUT2D eigenvalue weighted by molar-refractivity contribution is 5.94. The predicted octanol–water partition coefficient (Wildman–Crippen LogP) is 4.06. The fourth-order valence-electron chi connectivity index (χ4n) is 3.59. The summed E-state index contributed by atoms with van der Waals surface area (Å²) >= 11 is 0. The maximum absolute atomic E-state index is 12.8. The summed E-state index contributed by atoms with van der Waals surface area (Å²) in [7, 11) is 1.89. The van der Waals surface area contributed by atoms with Gasteiger partial charge in [0.25, 0.3) is 5.91 Å². The molecule has 1 aromatic carbocycles. The molecule has 3 aromatic heterocycles. The molecule has 4 rings (SSSR count). The van der Waals surface area contributed by atoms with Crippen molar-refractivity contribution >= 4 is 16.9 Å². The Morgan fingerprint density at radius 3 is 2.83 bits per heavy atom. The number of aromatic amines is 1. The number of amides is 1. The third-order valence-electron chi connectivity index (χ3n) is 5.19. The molecule has 30 heavy (non-hydrogen) atoms. The number of benzene rings is 1. The first kappa shape index (κ1) is 19.8. The van der Waals surface area contributed by atoms with E-state index in [1.54, 1.807) is 10.7 Å². The van der Waals surface area contributed by atoms with E-state index >= 15 is 0 Å². The van der Waals surface area contributed by atoms with Crippen LogP contribution in [0.2, 0.25) is 0 Å². The molecule has 0 aliphatic heterocycles. The molecule has 0 bridgehead atoms. The van der Waals surface area contributed by atoms with Crippen LogP contribution in [0.5, 0.6) is 5.75 Å². The number of hydrogen-bond acceptors (Lipinski definition) is 5. The number of rotatable bonds is 6. The van der Waals surface area contributed by atoms with E-state index < -0.39 is 0 Å². The van der Waals surface area contributed by atoms with Crippen LogP contribution in [0.15, 0.2) is 34.7 Å². The topological polar surface area (TPSA) is 98.0 Å². The van der Waals surface area contributed by atoms with E-state index in [0.29, 0.717) is 35.1 Å². The van der Waals surface area contributed by atoms with E-state index in [-0.39, 0.29) is 11.9 Å². The van der Waals surface area contributed by atoms with Gasteiger partial charge in [-0.2, -0.15) is 10.2 Å². The summed E-state index contributed by atoms with van der Waals surface area (Å²) in [6.07, 6.45) is 0. The standard InChI is InChI=1S/C22H25N5O3/c1-6-29-18-9-7-8-15-10-19(30-21(15)18)12(2)23-22(28)17-11-16(24-25-17)20-13(3)26-27(5)14(20)4/h7-12H,6H2,1-5H3,(H,23,28)(H,24,25). The Balaban J connectivity index is 1.54. The molecule has 0 saturated heterocycles. The molecule has 1 amide bonds. The van der Waals surface area contributed by atoms with Crippen LogP contribution < -0.4 is 10.1 Å². The van der Waals surface area contributed by atoms with Gasteiger partial charge in [0.2, 0.25) is 0 Å². The Morgan fingerprint density at radius 2 is 2.13 bits per heavy atom. The molecular weight excluding hydrogens is 382 g/mol. The van der Waals surface area contributed by atoms with Gasteiger partial charge in [-0.3, -0.25) is 14.6 Å². The van der Waals surface area contributed by atoms with Crippen molar-refractivity contribution in [3.05, 3.63) is 53.2 Å². The number of aryl methyl sites for hydroxylation is 2. The summed E-state index contributed by atoms with van der Waals surface area (Å²) in [6, 6.07) is 9.09. The number of H-pyrrole nitrogens is 1. The van der Waals surface area contributed by atoms with Gasteiger partial charge in [-0.15, -0.1) is 0 Å². The van der Waals surface area contributed by atoms with Crippen molar-refractivity contribution in [3.63, 3.8) is 0 Å². The average molecular weight is 407 g/mol. The highest BCUT2D eigenvalue weighted by atomic mass is 16.5. The number of nitrogens with one attached hydrogen (secondary N) is 2. The quantitative estimate of drug-likeness (QED) is 0.502. The van der Waals surface area contributed by atoms with Crippen molar-refractivity contribution in [2.75, 3.05) is 6.61 Å². The number of furan rings is 1. The number of fused-ring (bicyclic) bond motifs is 1. The van der Waals surface area contributed by atoms with E-state index in [2.05, 4.69) is 20.6 Å². The lowest BCUT2D eigenvalue weighted by Crippen LogP contribution is -2.26.